The summed E-state index contributed by atoms with van der Waals surface area (Å²) in [5.41, 5.74) is 12.2. The second-order valence-corrected chi connectivity index (χ2v) is 14.9. The Hall–Kier alpha value is -3.40. The van der Waals surface area contributed by atoms with Gasteiger partial charge in [-0.1, -0.05) is 6.42 Å². The lowest BCUT2D eigenvalue weighted by Crippen LogP contribution is -2.67. The summed E-state index contributed by atoms with van der Waals surface area (Å²) in [5, 5.41) is 46.1. The van der Waals surface area contributed by atoms with Crippen molar-refractivity contribution < 1.29 is 29.2 Å². The molecule has 0 aliphatic carbocycles. The number of nitrogens with zero attached hydrogens (tertiary/aromatic N) is 1. The van der Waals surface area contributed by atoms with Crippen molar-refractivity contribution in [2.45, 2.75) is 74.9 Å². The normalized spacial score (nSPS) is 25.1. The molecule has 4 amide bonds. The SMILES string of the molecule is C[C@@H](NC(=O)c1ccc(NNC(=O)CCCCCC(=O)NC23CNCCNCC(N)(CNCCNC2)CNCCNC3)cc1)C(=O)N1CCC[C@H]1B(O)O. The summed E-state index contributed by atoms with van der Waals surface area (Å²) in [6.07, 6.45) is 3.82. The Morgan fingerprint density at radius 3 is 1.87 bits per heavy atom. The number of hydrogen-bond donors (Lipinski definition) is 13. The molecule has 19 heteroatoms. The van der Waals surface area contributed by atoms with Crippen LogP contribution in [-0.4, -0.2) is 154 Å². The lowest BCUT2D eigenvalue weighted by molar-refractivity contribution is -0.132. The summed E-state index contributed by atoms with van der Waals surface area (Å²) in [6, 6.07) is 5.60. The molecule has 14 N–H and O–H groups in total. The average Bonchev–Trinajstić information content (AvgIpc) is 3.65. The summed E-state index contributed by atoms with van der Waals surface area (Å²) < 4.78 is 0. The van der Waals surface area contributed by atoms with Crippen LogP contribution in [0.4, 0.5) is 5.69 Å². The minimum atomic E-state index is -1.62. The fraction of sp³-hybridized carbons (Fsp3) is 0.714. The second-order valence-electron chi connectivity index (χ2n) is 14.9. The van der Waals surface area contributed by atoms with E-state index in [-0.39, 0.29) is 29.7 Å². The molecule has 0 spiro atoms. The van der Waals surface area contributed by atoms with E-state index in [0.29, 0.717) is 89.2 Å². The van der Waals surface area contributed by atoms with Gasteiger partial charge < -0.3 is 63.2 Å². The molecule has 4 aliphatic heterocycles. The molecule has 2 atom stereocenters. The highest BCUT2D eigenvalue weighted by Crippen LogP contribution is 2.19. The number of hydrazine groups is 1. The lowest BCUT2D eigenvalue weighted by Gasteiger charge is -2.37. The summed E-state index contributed by atoms with van der Waals surface area (Å²) in [7, 11) is -1.62. The molecule has 0 radical (unpaired) electrons. The van der Waals surface area contributed by atoms with E-state index < -0.39 is 30.5 Å². The van der Waals surface area contributed by atoms with Crippen LogP contribution in [0.3, 0.4) is 0 Å². The van der Waals surface area contributed by atoms with Gasteiger partial charge in [0.05, 0.1) is 22.7 Å². The Kier molecular flexibility index (Phi) is 17.8. The van der Waals surface area contributed by atoms with E-state index in [9.17, 15) is 29.2 Å². The number of carbonyl (C=O) groups is 4. The van der Waals surface area contributed by atoms with Gasteiger partial charge in [0, 0.05) is 103 Å². The number of carbonyl (C=O) groups excluding carboxylic acids is 4. The summed E-state index contributed by atoms with van der Waals surface area (Å²) in [6.45, 7) is 10.4. The average molecular weight is 759 g/mol. The molecule has 4 fully saturated rings. The first-order valence-corrected chi connectivity index (χ1v) is 19.5. The zero-order valence-electron chi connectivity index (χ0n) is 31.7. The Morgan fingerprint density at radius 1 is 0.815 bits per heavy atom. The Bertz CT molecular complexity index is 1300. The van der Waals surface area contributed by atoms with Gasteiger partial charge in [-0.15, -0.1) is 0 Å². The molecule has 0 aromatic heterocycles. The fourth-order valence-electron chi connectivity index (χ4n) is 7.01. The second kappa shape index (κ2) is 22.2. The molecule has 0 unspecified atom stereocenters. The first-order chi connectivity index (χ1) is 26.0. The van der Waals surface area contributed by atoms with Crippen LogP contribution in [0.25, 0.3) is 0 Å². The Morgan fingerprint density at radius 2 is 1.33 bits per heavy atom. The highest BCUT2D eigenvalue weighted by atomic mass is 16.4. The van der Waals surface area contributed by atoms with Crippen molar-refractivity contribution in [2.75, 3.05) is 90.5 Å². The maximum Gasteiger partial charge on any atom is 0.475 e. The molecular weight excluding hydrogens is 695 g/mol. The van der Waals surface area contributed by atoms with Crippen LogP contribution in [0.15, 0.2) is 24.3 Å². The molecule has 1 aromatic carbocycles. The highest BCUT2D eigenvalue weighted by Gasteiger charge is 2.38. The molecule has 4 aliphatic rings. The Balaban J connectivity index is 1.15. The minimum Gasteiger partial charge on any atom is -0.426 e. The zero-order valence-corrected chi connectivity index (χ0v) is 31.7. The Labute approximate surface area is 319 Å². The van der Waals surface area contributed by atoms with Crippen LogP contribution in [0.2, 0.25) is 0 Å². The number of fused-ring (bicyclic) bond motifs is 15. The number of unbranched alkanes of at least 4 members (excludes halogenated alkanes) is 2. The van der Waals surface area contributed by atoms with Crippen LogP contribution in [-0.2, 0) is 14.4 Å². The van der Waals surface area contributed by atoms with Crippen molar-refractivity contribution >= 4 is 36.4 Å². The maximum absolute atomic E-state index is 13.2. The van der Waals surface area contributed by atoms with Gasteiger partial charge in [-0.05, 0) is 56.9 Å². The molecule has 2 bridgehead atoms. The number of benzene rings is 1. The van der Waals surface area contributed by atoms with Crippen LogP contribution in [0.5, 0.6) is 0 Å². The van der Waals surface area contributed by atoms with Gasteiger partial charge in [-0.25, -0.2) is 0 Å². The summed E-state index contributed by atoms with van der Waals surface area (Å²) in [5.74, 6) is -1.70. The van der Waals surface area contributed by atoms with E-state index in [4.69, 9.17) is 5.73 Å². The fourth-order valence-corrected chi connectivity index (χ4v) is 7.01. The van der Waals surface area contributed by atoms with Gasteiger partial charge in [0.1, 0.15) is 6.04 Å². The van der Waals surface area contributed by atoms with Crippen LogP contribution < -0.4 is 59.1 Å². The molecule has 302 valence electrons. The topological polar surface area (TPSA) is 258 Å². The van der Waals surface area contributed by atoms with Crippen LogP contribution in [0, 0.1) is 0 Å². The molecule has 4 heterocycles. The van der Waals surface area contributed by atoms with Gasteiger partial charge in [-0.3, -0.25) is 30.0 Å². The van der Waals surface area contributed by atoms with E-state index in [2.05, 4.69) is 53.4 Å². The third-order valence-corrected chi connectivity index (χ3v) is 10.1. The van der Waals surface area contributed by atoms with Gasteiger partial charge in [0.25, 0.3) is 5.91 Å². The largest absolute Gasteiger partial charge is 0.475 e. The number of rotatable bonds is 13. The molecule has 0 saturated carbocycles. The number of nitrogens with one attached hydrogen (secondary N) is 10. The van der Waals surface area contributed by atoms with E-state index in [1.807, 2.05) is 0 Å². The van der Waals surface area contributed by atoms with Gasteiger partial charge >= 0.3 is 7.12 Å². The van der Waals surface area contributed by atoms with Crippen LogP contribution >= 0.6 is 0 Å². The molecule has 4 saturated heterocycles. The first-order valence-electron chi connectivity index (χ1n) is 19.5. The predicted octanol–water partition coefficient (Wildman–Crippen LogP) is -3.68. The number of likely N-dealkylation sites (tertiary alicyclic amines) is 1. The zero-order chi connectivity index (χ0) is 38.8. The number of hydrogen-bond acceptors (Lipinski definition) is 14. The third-order valence-electron chi connectivity index (χ3n) is 10.1. The van der Waals surface area contributed by atoms with E-state index in [0.717, 1.165) is 45.7 Å². The van der Waals surface area contributed by atoms with Gasteiger partial charge in [-0.2, -0.15) is 0 Å². The van der Waals surface area contributed by atoms with Gasteiger partial charge in [0.15, 0.2) is 0 Å². The molecular formula is C35H63BN12O6. The first kappa shape index (κ1) is 43.3. The maximum atomic E-state index is 13.2. The summed E-state index contributed by atoms with van der Waals surface area (Å²) >= 11 is 0. The van der Waals surface area contributed by atoms with E-state index in [1.165, 1.54) is 4.90 Å². The lowest BCUT2D eigenvalue weighted by atomic mass is 9.78. The smallest absolute Gasteiger partial charge is 0.426 e. The summed E-state index contributed by atoms with van der Waals surface area (Å²) in [4.78, 5) is 52.7. The van der Waals surface area contributed by atoms with Crippen molar-refractivity contribution in [3.63, 3.8) is 0 Å². The number of anilines is 1. The molecule has 1 aromatic rings. The number of nitrogens with two attached hydrogens (primary N) is 1. The van der Waals surface area contributed by atoms with Crippen molar-refractivity contribution in [2.24, 2.45) is 5.73 Å². The quantitative estimate of drug-likeness (QED) is 0.0526. The van der Waals surface area contributed by atoms with E-state index in [1.54, 1.807) is 31.2 Å². The number of amides is 4. The molecule has 54 heavy (non-hydrogen) atoms. The van der Waals surface area contributed by atoms with Gasteiger partial charge in [0.2, 0.25) is 17.7 Å². The van der Waals surface area contributed by atoms with Crippen molar-refractivity contribution in [1.29, 1.82) is 0 Å². The molecule has 18 nitrogen and oxygen atoms in total. The van der Waals surface area contributed by atoms with E-state index >= 15 is 0 Å². The third kappa shape index (κ3) is 14.4. The highest BCUT2D eigenvalue weighted by molar-refractivity contribution is 6.43. The van der Waals surface area contributed by atoms with Crippen molar-refractivity contribution in [3.8, 4) is 0 Å². The van der Waals surface area contributed by atoms with Crippen LogP contribution in [0.1, 0.15) is 62.2 Å². The van der Waals surface area contributed by atoms with Crippen molar-refractivity contribution in [3.05, 3.63) is 29.8 Å². The predicted molar refractivity (Wildman–Crippen MR) is 208 cm³/mol. The molecule has 5 rings (SSSR count). The minimum absolute atomic E-state index is 0.0176. The monoisotopic (exact) mass is 759 g/mol. The standard InChI is InChI=1S/C35H63BN12O6/c1-26(33(52)48-19-5-6-29(48)36(53)54)44-32(51)27-9-11-28(12-10-27)46-47-31(50)8-4-2-3-7-30(49)45-35-23-41-16-13-38-20-34(37,21-39-14-17-42-24-35)22-40-15-18-43-25-35/h9-12,26,29,38-43,46,53-54H,2-8,13-25,37H2,1H3,(H,44,51)(H,45,49)(H,47,50)/t26-,29+,34?,35?/m1/s1. The van der Waals surface area contributed by atoms with Crippen molar-refractivity contribution in [1.82, 2.24) is 52.9 Å².